The van der Waals surface area contributed by atoms with Crippen LogP contribution in [0.5, 0.6) is 0 Å². The molecule has 0 saturated carbocycles. The van der Waals surface area contributed by atoms with Gasteiger partial charge in [-0.25, -0.2) is 14.8 Å². The molecule has 1 amide bonds. The average molecular weight is 180 g/mol. The Morgan fingerprint density at radius 1 is 1.46 bits per heavy atom. The molecule has 13 heavy (non-hydrogen) atoms. The second kappa shape index (κ2) is 3.14. The smallest absolute Gasteiger partial charge is 0.242 e. The molecule has 0 atom stereocenters. The zero-order valence-corrected chi connectivity index (χ0v) is 6.96. The Balaban J connectivity index is 2.29. The van der Waals surface area contributed by atoms with Crippen molar-refractivity contribution in [2.24, 2.45) is 0 Å². The molecule has 3 nitrogen and oxygen atoms in total. The average Bonchev–Trinajstić information content (AvgIpc) is 2.51. The summed E-state index contributed by atoms with van der Waals surface area (Å²) in [5.74, 6) is -0.357. The molecule has 0 radical (unpaired) electrons. The Bertz CT molecular complexity index is 340. The Labute approximate surface area is 75.1 Å². The molecule has 1 aromatic carbocycles. The van der Waals surface area contributed by atoms with Gasteiger partial charge in [0, 0.05) is 13.0 Å². The lowest BCUT2D eigenvalue weighted by Crippen LogP contribution is -2.33. The fourth-order valence-corrected chi connectivity index (χ4v) is 1.33. The molecule has 1 heterocycles. The van der Waals surface area contributed by atoms with E-state index in [9.17, 15) is 9.18 Å². The summed E-state index contributed by atoms with van der Waals surface area (Å²) < 4.78 is 12.8. The van der Waals surface area contributed by atoms with Crippen LogP contribution in [0.15, 0.2) is 24.3 Å². The van der Waals surface area contributed by atoms with E-state index in [1.165, 1.54) is 17.1 Å². The first-order valence-electron chi connectivity index (χ1n) is 4.09. The lowest BCUT2D eigenvalue weighted by atomic mass is 10.3. The van der Waals surface area contributed by atoms with Crippen molar-refractivity contribution in [2.75, 3.05) is 11.6 Å². The van der Waals surface area contributed by atoms with Gasteiger partial charge in [0.05, 0.1) is 5.69 Å². The molecule has 0 unspecified atom stereocenters. The largest absolute Gasteiger partial charge is 0.273 e. The summed E-state index contributed by atoms with van der Waals surface area (Å²) >= 11 is 0. The minimum Gasteiger partial charge on any atom is -0.273 e. The zero-order chi connectivity index (χ0) is 9.26. The van der Waals surface area contributed by atoms with Gasteiger partial charge in [0.15, 0.2) is 0 Å². The fraction of sp³-hybridized carbons (Fsp3) is 0.222. The molecule has 1 saturated heterocycles. The topological polar surface area (TPSA) is 32.3 Å². The number of amides is 1. The Hall–Kier alpha value is -1.42. The molecule has 1 fully saturated rings. The van der Waals surface area contributed by atoms with Crippen LogP contribution in [-0.2, 0) is 4.79 Å². The van der Waals surface area contributed by atoms with Crippen LogP contribution < -0.4 is 10.4 Å². The molecule has 1 N–H and O–H groups in total. The van der Waals surface area contributed by atoms with Crippen LogP contribution in [0.25, 0.3) is 0 Å². The molecule has 68 valence electrons. The predicted octanol–water partition coefficient (Wildman–Crippen LogP) is 1.07. The maximum Gasteiger partial charge on any atom is 0.242 e. The van der Waals surface area contributed by atoms with Crippen molar-refractivity contribution in [3.05, 3.63) is 30.1 Å². The lowest BCUT2D eigenvalue weighted by Gasteiger charge is -2.15. The molecule has 0 aromatic heterocycles. The first kappa shape index (κ1) is 8.19. The highest BCUT2D eigenvalue weighted by Crippen LogP contribution is 2.16. The standard InChI is InChI=1S/C9H9FN2O/c10-7-2-1-3-8(6-7)12-9(13)4-5-11-12/h1-3,6,11H,4-5H2. The molecule has 0 aliphatic carbocycles. The Kier molecular flexibility index (Phi) is 1.98. The predicted molar refractivity (Wildman–Crippen MR) is 46.5 cm³/mol. The van der Waals surface area contributed by atoms with Gasteiger partial charge >= 0.3 is 0 Å². The molecule has 4 heteroatoms. The van der Waals surface area contributed by atoms with Crippen LogP contribution in [-0.4, -0.2) is 12.5 Å². The number of carbonyl (C=O) groups excluding carboxylic acids is 1. The molecule has 1 aromatic rings. The lowest BCUT2D eigenvalue weighted by molar-refractivity contribution is -0.117. The number of rotatable bonds is 1. The number of carbonyl (C=O) groups is 1. The summed E-state index contributed by atoms with van der Waals surface area (Å²) in [6.45, 7) is 0.620. The van der Waals surface area contributed by atoms with Gasteiger partial charge in [-0.1, -0.05) is 6.07 Å². The van der Waals surface area contributed by atoms with Crippen LogP contribution >= 0.6 is 0 Å². The molecule has 0 spiro atoms. The number of hydrazine groups is 1. The number of nitrogens with one attached hydrogen (secondary N) is 1. The first-order valence-corrected chi connectivity index (χ1v) is 4.09. The van der Waals surface area contributed by atoms with E-state index in [-0.39, 0.29) is 11.7 Å². The van der Waals surface area contributed by atoms with E-state index in [1.54, 1.807) is 12.1 Å². The third-order valence-corrected chi connectivity index (χ3v) is 1.92. The fourth-order valence-electron chi connectivity index (χ4n) is 1.33. The van der Waals surface area contributed by atoms with Gasteiger partial charge in [-0.2, -0.15) is 0 Å². The number of halogens is 1. The highest BCUT2D eigenvalue weighted by Gasteiger charge is 2.21. The van der Waals surface area contributed by atoms with E-state index >= 15 is 0 Å². The summed E-state index contributed by atoms with van der Waals surface area (Å²) in [5, 5.41) is 1.38. The van der Waals surface area contributed by atoms with Crippen LogP contribution in [0.4, 0.5) is 10.1 Å². The van der Waals surface area contributed by atoms with Crippen molar-refractivity contribution in [3.63, 3.8) is 0 Å². The third-order valence-electron chi connectivity index (χ3n) is 1.92. The van der Waals surface area contributed by atoms with Gasteiger partial charge in [0.1, 0.15) is 5.82 Å². The van der Waals surface area contributed by atoms with E-state index in [4.69, 9.17) is 0 Å². The maximum absolute atomic E-state index is 12.8. The highest BCUT2D eigenvalue weighted by molar-refractivity contribution is 5.94. The van der Waals surface area contributed by atoms with Crippen molar-refractivity contribution < 1.29 is 9.18 Å². The van der Waals surface area contributed by atoms with E-state index in [0.717, 1.165) is 0 Å². The summed E-state index contributed by atoms with van der Waals surface area (Å²) in [7, 11) is 0. The number of anilines is 1. The van der Waals surface area contributed by atoms with Crippen molar-refractivity contribution in [1.82, 2.24) is 5.43 Å². The number of hydrogen-bond donors (Lipinski definition) is 1. The summed E-state index contributed by atoms with van der Waals surface area (Å²) in [6.07, 6.45) is 0.469. The van der Waals surface area contributed by atoms with Gasteiger partial charge in [-0.3, -0.25) is 4.79 Å². The molecular weight excluding hydrogens is 171 g/mol. The van der Waals surface area contributed by atoms with E-state index in [0.29, 0.717) is 18.7 Å². The third kappa shape index (κ3) is 1.53. The van der Waals surface area contributed by atoms with Crippen LogP contribution in [0.2, 0.25) is 0 Å². The van der Waals surface area contributed by atoms with Gasteiger partial charge < -0.3 is 0 Å². The van der Waals surface area contributed by atoms with Gasteiger partial charge in [0.2, 0.25) is 5.91 Å². The Morgan fingerprint density at radius 2 is 2.31 bits per heavy atom. The van der Waals surface area contributed by atoms with Crippen molar-refractivity contribution in [3.8, 4) is 0 Å². The molecule has 1 aliphatic rings. The van der Waals surface area contributed by atoms with E-state index < -0.39 is 0 Å². The summed E-state index contributed by atoms with van der Waals surface area (Å²) in [6, 6.07) is 5.96. The van der Waals surface area contributed by atoms with E-state index in [2.05, 4.69) is 5.43 Å². The van der Waals surface area contributed by atoms with E-state index in [1.807, 2.05) is 0 Å². The van der Waals surface area contributed by atoms with Gasteiger partial charge in [0.25, 0.3) is 0 Å². The summed E-state index contributed by atoms with van der Waals surface area (Å²) in [5.41, 5.74) is 3.42. The van der Waals surface area contributed by atoms with Crippen LogP contribution in [0.3, 0.4) is 0 Å². The quantitative estimate of drug-likeness (QED) is 0.701. The second-order valence-corrected chi connectivity index (χ2v) is 2.87. The second-order valence-electron chi connectivity index (χ2n) is 2.87. The molecule has 2 rings (SSSR count). The molecular formula is C9H9FN2O. The monoisotopic (exact) mass is 180 g/mol. The normalized spacial score (nSPS) is 16.7. The number of hydrogen-bond acceptors (Lipinski definition) is 2. The maximum atomic E-state index is 12.8. The van der Waals surface area contributed by atoms with Gasteiger partial charge in [-0.05, 0) is 18.2 Å². The summed E-state index contributed by atoms with van der Waals surface area (Å²) in [4.78, 5) is 11.2. The first-order chi connectivity index (χ1) is 6.27. The SMILES string of the molecule is O=C1CCNN1c1cccc(F)c1. The van der Waals surface area contributed by atoms with Crippen molar-refractivity contribution in [2.45, 2.75) is 6.42 Å². The van der Waals surface area contributed by atoms with Crippen LogP contribution in [0, 0.1) is 5.82 Å². The minimum atomic E-state index is -0.334. The molecule has 1 aliphatic heterocycles. The number of nitrogens with zero attached hydrogens (tertiary/aromatic N) is 1. The molecule has 0 bridgehead atoms. The van der Waals surface area contributed by atoms with Crippen molar-refractivity contribution >= 4 is 11.6 Å². The highest BCUT2D eigenvalue weighted by atomic mass is 19.1. The minimum absolute atomic E-state index is 0.0226. The number of benzene rings is 1. The van der Waals surface area contributed by atoms with Crippen LogP contribution in [0.1, 0.15) is 6.42 Å². The van der Waals surface area contributed by atoms with Crippen molar-refractivity contribution in [1.29, 1.82) is 0 Å². The zero-order valence-electron chi connectivity index (χ0n) is 6.96. The van der Waals surface area contributed by atoms with Gasteiger partial charge in [-0.15, -0.1) is 0 Å². The Morgan fingerprint density at radius 3 is 2.92 bits per heavy atom.